The Bertz CT molecular complexity index is 820. The molecule has 4 fully saturated rings. The van der Waals surface area contributed by atoms with Crippen molar-refractivity contribution in [3.8, 4) is 0 Å². The van der Waals surface area contributed by atoms with Gasteiger partial charge in [-0.15, -0.1) is 0 Å². The SMILES string of the molecule is COC(=O)CC(NC(=O)CCNC(=O)C12CC3CC(CC(C3)C1)C2)c1ccccc1Cl. The van der Waals surface area contributed by atoms with Crippen LogP contribution in [0, 0.1) is 23.2 Å². The fourth-order valence-corrected chi connectivity index (χ4v) is 6.65. The molecule has 168 valence electrons. The van der Waals surface area contributed by atoms with Crippen molar-refractivity contribution in [3.63, 3.8) is 0 Å². The number of hydrogen-bond acceptors (Lipinski definition) is 4. The first-order chi connectivity index (χ1) is 14.9. The number of amides is 2. The molecule has 0 radical (unpaired) electrons. The van der Waals surface area contributed by atoms with Crippen molar-refractivity contribution in [1.82, 2.24) is 10.6 Å². The standard InChI is InChI=1S/C24H31ClN2O4/c1-31-22(29)11-20(18-4-2-3-5-19(18)25)27-21(28)6-7-26-23(30)24-12-15-8-16(13-24)10-17(9-15)14-24/h2-5,15-17,20H,6-14H2,1H3,(H,26,30)(H,27,28). The molecular formula is C24H31ClN2O4. The van der Waals surface area contributed by atoms with Crippen LogP contribution in [0.15, 0.2) is 24.3 Å². The van der Waals surface area contributed by atoms with E-state index in [1.54, 1.807) is 18.2 Å². The van der Waals surface area contributed by atoms with Gasteiger partial charge in [-0.3, -0.25) is 14.4 Å². The summed E-state index contributed by atoms with van der Waals surface area (Å²) in [6, 6.07) is 6.53. The minimum Gasteiger partial charge on any atom is -0.469 e. The second kappa shape index (κ2) is 9.19. The Balaban J connectivity index is 1.31. The maximum Gasteiger partial charge on any atom is 0.307 e. The molecule has 0 aliphatic heterocycles. The molecule has 1 aromatic rings. The van der Waals surface area contributed by atoms with E-state index in [9.17, 15) is 14.4 Å². The molecule has 2 N–H and O–H groups in total. The summed E-state index contributed by atoms with van der Waals surface area (Å²) in [7, 11) is 1.31. The predicted molar refractivity (Wildman–Crippen MR) is 117 cm³/mol. The first-order valence-electron chi connectivity index (χ1n) is 11.3. The molecule has 4 saturated carbocycles. The number of halogens is 1. The van der Waals surface area contributed by atoms with E-state index in [4.69, 9.17) is 16.3 Å². The zero-order chi connectivity index (χ0) is 22.0. The van der Waals surface area contributed by atoms with Gasteiger partial charge in [0.25, 0.3) is 0 Å². The molecular weight excluding hydrogens is 416 g/mol. The molecule has 5 rings (SSSR count). The van der Waals surface area contributed by atoms with E-state index < -0.39 is 12.0 Å². The molecule has 1 unspecified atom stereocenters. The average molecular weight is 447 g/mol. The number of ether oxygens (including phenoxy) is 1. The van der Waals surface area contributed by atoms with Crippen molar-refractivity contribution < 1.29 is 19.1 Å². The minimum atomic E-state index is -0.576. The Hall–Kier alpha value is -2.08. The molecule has 0 aromatic heterocycles. The summed E-state index contributed by atoms with van der Waals surface area (Å²) < 4.78 is 4.76. The molecule has 4 aliphatic rings. The Morgan fingerprint density at radius 2 is 1.71 bits per heavy atom. The third kappa shape index (κ3) is 4.89. The van der Waals surface area contributed by atoms with E-state index in [1.165, 1.54) is 26.4 Å². The zero-order valence-corrected chi connectivity index (χ0v) is 18.7. The highest BCUT2D eigenvalue weighted by Crippen LogP contribution is 2.60. The Morgan fingerprint density at radius 1 is 1.10 bits per heavy atom. The number of carbonyl (C=O) groups is 3. The summed E-state index contributed by atoms with van der Waals surface area (Å²) in [5.41, 5.74) is 0.455. The van der Waals surface area contributed by atoms with Crippen LogP contribution in [-0.2, 0) is 19.1 Å². The fourth-order valence-electron chi connectivity index (χ4n) is 6.38. The molecule has 1 aromatic carbocycles. The van der Waals surface area contributed by atoms with Crippen LogP contribution in [0.3, 0.4) is 0 Å². The van der Waals surface area contributed by atoms with Crippen molar-refractivity contribution in [2.75, 3.05) is 13.7 Å². The first-order valence-corrected chi connectivity index (χ1v) is 11.7. The van der Waals surface area contributed by atoms with Crippen molar-refractivity contribution >= 4 is 29.4 Å². The second-order valence-corrected chi connectivity index (χ2v) is 10.0. The molecule has 4 bridgehead atoms. The maximum absolute atomic E-state index is 13.0. The predicted octanol–water partition coefficient (Wildman–Crippen LogP) is 3.78. The van der Waals surface area contributed by atoms with Crippen molar-refractivity contribution in [3.05, 3.63) is 34.9 Å². The summed E-state index contributed by atoms with van der Waals surface area (Å²) in [6.45, 7) is 0.292. The summed E-state index contributed by atoms with van der Waals surface area (Å²) in [5, 5.41) is 6.38. The van der Waals surface area contributed by atoms with Crippen molar-refractivity contribution in [2.24, 2.45) is 23.2 Å². The topological polar surface area (TPSA) is 84.5 Å². The van der Waals surface area contributed by atoms with Gasteiger partial charge < -0.3 is 15.4 Å². The molecule has 7 heteroatoms. The summed E-state index contributed by atoms with van der Waals surface area (Å²) in [4.78, 5) is 37.4. The van der Waals surface area contributed by atoms with Gasteiger partial charge in [-0.1, -0.05) is 29.8 Å². The number of benzene rings is 1. The summed E-state index contributed by atoms with van der Waals surface area (Å²) in [6.07, 6.45) is 7.03. The van der Waals surface area contributed by atoms with Gasteiger partial charge in [0, 0.05) is 23.4 Å². The van der Waals surface area contributed by atoms with Crippen LogP contribution in [0.1, 0.15) is 63.0 Å². The highest BCUT2D eigenvalue weighted by atomic mass is 35.5. The van der Waals surface area contributed by atoms with Crippen LogP contribution >= 0.6 is 11.6 Å². The molecule has 0 heterocycles. The van der Waals surface area contributed by atoms with Gasteiger partial charge in [-0.2, -0.15) is 0 Å². The number of methoxy groups -OCH3 is 1. The molecule has 0 saturated heterocycles. The van der Waals surface area contributed by atoms with E-state index in [0.717, 1.165) is 19.3 Å². The van der Waals surface area contributed by atoms with Crippen molar-refractivity contribution in [2.45, 2.75) is 57.4 Å². The largest absolute Gasteiger partial charge is 0.469 e. The molecule has 4 aliphatic carbocycles. The lowest BCUT2D eigenvalue weighted by Gasteiger charge is -2.55. The zero-order valence-electron chi connectivity index (χ0n) is 18.0. The molecule has 0 spiro atoms. The van der Waals surface area contributed by atoms with Gasteiger partial charge in [-0.05, 0) is 67.9 Å². The van der Waals surface area contributed by atoms with E-state index >= 15 is 0 Å². The van der Waals surface area contributed by atoms with Crippen LogP contribution in [-0.4, -0.2) is 31.4 Å². The number of carbonyl (C=O) groups excluding carboxylic acids is 3. The Labute approximate surface area is 188 Å². The van der Waals surface area contributed by atoms with Gasteiger partial charge in [0.15, 0.2) is 0 Å². The van der Waals surface area contributed by atoms with E-state index in [-0.39, 0.29) is 30.1 Å². The van der Waals surface area contributed by atoms with Crippen molar-refractivity contribution in [1.29, 1.82) is 0 Å². The maximum atomic E-state index is 13.0. The highest BCUT2D eigenvalue weighted by molar-refractivity contribution is 6.31. The molecule has 6 nitrogen and oxygen atoms in total. The van der Waals surface area contributed by atoms with Gasteiger partial charge in [0.1, 0.15) is 0 Å². The molecule has 2 amide bonds. The Morgan fingerprint density at radius 3 is 2.29 bits per heavy atom. The van der Waals surface area contributed by atoms with E-state index in [0.29, 0.717) is 34.9 Å². The lowest BCUT2D eigenvalue weighted by Crippen LogP contribution is -2.53. The third-order valence-corrected chi connectivity index (χ3v) is 7.72. The van der Waals surface area contributed by atoms with Crippen LogP contribution in [0.25, 0.3) is 0 Å². The van der Waals surface area contributed by atoms with E-state index in [1.807, 2.05) is 6.07 Å². The normalized spacial score (nSPS) is 29.3. The number of esters is 1. The highest BCUT2D eigenvalue weighted by Gasteiger charge is 2.54. The lowest BCUT2D eigenvalue weighted by molar-refractivity contribution is -0.146. The van der Waals surface area contributed by atoms with Crippen LogP contribution in [0.5, 0.6) is 0 Å². The molecule has 1 atom stereocenters. The van der Waals surface area contributed by atoms with Crippen LogP contribution < -0.4 is 10.6 Å². The molecule has 31 heavy (non-hydrogen) atoms. The summed E-state index contributed by atoms with van der Waals surface area (Å²) in [5.74, 6) is 1.57. The van der Waals surface area contributed by atoms with Gasteiger partial charge in [-0.25, -0.2) is 0 Å². The second-order valence-electron chi connectivity index (χ2n) is 9.63. The monoisotopic (exact) mass is 446 g/mol. The third-order valence-electron chi connectivity index (χ3n) is 7.37. The van der Waals surface area contributed by atoms with Gasteiger partial charge >= 0.3 is 5.97 Å². The number of nitrogens with one attached hydrogen (secondary N) is 2. The van der Waals surface area contributed by atoms with Gasteiger partial charge in [0.2, 0.25) is 11.8 Å². The Kier molecular flexibility index (Phi) is 6.56. The first kappa shape index (κ1) is 22.1. The van der Waals surface area contributed by atoms with E-state index in [2.05, 4.69) is 10.6 Å². The van der Waals surface area contributed by atoms with Crippen LogP contribution in [0.4, 0.5) is 0 Å². The smallest absolute Gasteiger partial charge is 0.307 e. The van der Waals surface area contributed by atoms with Gasteiger partial charge in [0.05, 0.1) is 19.6 Å². The lowest BCUT2D eigenvalue weighted by atomic mass is 9.49. The fraction of sp³-hybridized carbons (Fsp3) is 0.625. The minimum absolute atomic E-state index is 0.00832. The summed E-state index contributed by atoms with van der Waals surface area (Å²) >= 11 is 6.26. The van der Waals surface area contributed by atoms with Crippen LogP contribution in [0.2, 0.25) is 5.02 Å². The quantitative estimate of drug-likeness (QED) is 0.595. The number of hydrogen-bond donors (Lipinski definition) is 2. The number of rotatable bonds is 8. The average Bonchev–Trinajstić information content (AvgIpc) is 2.72.